The van der Waals surface area contributed by atoms with Crippen molar-refractivity contribution in [2.24, 2.45) is 0 Å². The van der Waals surface area contributed by atoms with Crippen LogP contribution in [0.25, 0.3) is 0 Å². The van der Waals surface area contributed by atoms with Crippen LogP contribution in [0.1, 0.15) is 213 Å². The predicted molar refractivity (Wildman–Crippen MR) is 341 cm³/mol. The summed E-state index contributed by atoms with van der Waals surface area (Å²) >= 11 is 0. The van der Waals surface area contributed by atoms with Crippen molar-refractivity contribution in [1.29, 1.82) is 0 Å². The molecular weight excluding hydrogens is 1000 g/mol. The van der Waals surface area contributed by atoms with E-state index in [9.17, 15) is 19.0 Å². The lowest BCUT2D eigenvalue weighted by atomic mass is 10.1. The number of phosphoric ester groups is 1. The van der Waals surface area contributed by atoms with Gasteiger partial charge in [-0.05, 0) is 102 Å². The topological polar surface area (TPSA) is 111 Å². The fourth-order valence-corrected chi connectivity index (χ4v) is 8.65. The Morgan fingerprint density at radius 2 is 0.873 bits per heavy atom. The Morgan fingerprint density at radius 3 is 1.38 bits per heavy atom. The van der Waals surface area contributed by atoms with E-state index in [1.54, 1.807) is 0 Å². The number of likely N-dealkylation sites (N-methyl/N-ethyl adjacent to an activating group) is 1. The first-order chi connectivity index (χ1) is 38.4. The van der Waals surface area contributed by atoms with Crippen LogP contribution in [0.3, 0.4) is 0 Å². The van der Waals surface area contributed by atoms with Crippen molar-refractivity contribution in [3.63, 3.8) is 0 Å². The third-order valence-corrected chi connectivity index (χ3v) is 13.6. The summed E-state index contributed by atoms with van der Waals surface area (Å²) < 4.78 is 30.6. The van der Waals surface area contributed by atoms with Gasteiger partial charge in [-0.25, -0.2) is 4.57 Å². The van der Waals surface area contributed by atoms with E-state index in [0.717, 1.165) is 122 Å². The fraction of sp³-hybridized carbons (Fsp3) is 0.594. The number of phosphoric acid groups is 1. The monoisotopic (exact) mass is 1110 g/mol. The largest absolute Gasteiger partial charge is 0.472 e. The minimum Gasteiger partial charge on any atom is -0.456 e. The molecule has 0 aliphatic carbocycles. The highest BCUT2D eigenvalue weighted by Crippen LogP contribution is 2.43. The van der Waals surface area contributed by atoms with Crippen LogP contribution in [0.2, 0.25) is 0 Å². The number of nitrogens with zero attached hydrogens (tertiary/aromatic N) is 1. The second-order valence-corrected chi connectivity index (χ2v) is 22.7. The molecule has 0 aromatic carbocycles. The third-order valence-electron chi connectivity index (χ3n) is 12.6. The molecule has 0 spiro atoms. The van der Waals surface area contributed by atoms with Gasteiger partial charge in [-0.15, -0.1) is 0 Å². The van der Waals surface area contributed by atoms with Crippen LogP contribution in [-0.2, 0) is 27.9 Å². The maximum Gasteiger partial charge on any atom is 0.472 e. The van der Waals surface area contributed by atoms with Crippen molar-refractivity contribution in [1.82, 2.24) is 5.32 Å². The molecule has 0 saturated carbocycles. The van der Waals surface area contributed by atoms with E-state index >= 15 is 0 Å². The molecule has 10 heteroatoms. The number of quaternary nitrogens is 1. The first kappa shape index (κ1) is 74.6. The van der Waals surface area contributed by atoms with Crippen LogP contribution < -0.4 is 5.32 Å². The van der Waals surface area contributed by atoms with Crippen LogP contribution in [-0.4, -0.2) is 74.3 Å². The van der Waals surface area contributed by atoms with Crippen LogP contribution in [0.4, 0.5) is 0 Å². The number of allylic oxidation sites excluding steroid dienone is 25. The van der Waals surface area contributed by atoms with Crippen LogP contribution >= 0.6 is 7.82 Å². The molecule has 0 aliphatic heterocycles. The van der Waals surface area contributed by atoms with E-state index in [1.165, 1.54) is 44.9 Å². The Bertz CT molecular complexity index is 1910. The number of ether oxygens (including phenoxy) is 1. The lowest BCUT2D eigenvalue weighted by Gasteiger charge is -2.27. The van der Waals surface area contributed by atoms with Crippen molar-refractivity contribution in [3.8, 4) is 0 Å². The second kappa shape index (κ2) is 56.9. The number of carbonyl (C=O) groups is 2. The normalized spacial score (nSPS) is 14.8. The van der Waals surface area contributed by atoms with Gasteiger partial charge < -0.3 is 19.4 Å². The average molecular weight is 1110 g/mol. The van der Waals surface area contributed by atoms with Gasteiger partial charge in [0.15, 0.2) is 0 Å². The summed E-state index contributed by atoms with van der Waals surface area (Å²) in [4.78, 5) is 37.7. The molecule has 0 radical (unpaired) electrons. The molecule has 79 heavy (non-hydrogen) atoms. The van der Waals surface area contributed by atoms with E-state index < -0.39 is 20.0 Å². The standard InChI is InChI=1S/C69H113N2O7P/c1-7-10-13-16-19-22-25-27-29-31-32-33-34-35-36-37-38-40-42-44-47-50-53-56-59-62-69(73)78-67(60-57-54-51-48-45-24-21-18-15-12-9-3)66(65-77-79(74,75)76-64-63-71(4,5)6)70-68(72)61-58-55-52-49-46-43-41-39-30-28-26-23-20-17-14-11-8-2/h10-11,13-14,17,19-20,22-23,26-30,32-33,35-36,38-41,43,46,57,60,66-67H,7-9,12,15-16,18,21,24-25,31,34,37,42,44-45,47-56,58-59,61-65H2,1-6H3,(H-,70,72,74,75)/p+1/b13-10-,14-11-,20-17+,22-19-,26-23+,29-27-,30-28-,33-32-,36-35-,40-38-,41-39+,46-43+,60-57-. The number of amides is 1. The molecule has 2 N–H and O–H groups in total. The molecule has 9 nitrogen and oxygen atoms in total. The molecule has 0 aliphatic rings. The molecule has 0 rings (SSSR count). The van der Waals surface area contributed by atoms with Crippen molar-refractivity contribution >= 4 is 19.7 Å². The van der Waals surface area contributed by atoms with Gasteiger partial charge in [0, 0.05) is 12.8 Å². The van der Waals surface area contributed by atoms with E-state index in [2.05, 4.69) is 111 Å². The van der Waals surface area contributed by atoms with Gasteiger partial charge in [-0.3, -0.25) is 18.6 Å². The maximum atomic E-state index is 13.5. The molecule has 3 atom stereocenters. The molecule has 0 bridgehead atoms. The smallest absolute Gasteiger partial charge is 0.456 e. The van der Waals surface area contributed by atoms with Crippen molar-refractivity contribution < 1.29 is 37.3 Å². The third kappa shape index (κ3) is 58.1. The lowest BCUT2D eigenvalue weighted by molar-refractivity contribution is -0.870. The number of carbonyl (C=O) groups excluding carboxylic acids is 2. The SMILES string of the molecule is CC\C=C/C=C/C=C/C=C\C=C\C=C\CCCCCC(=O)NC(COP(=O)(O)OCC[N+](C)(C)C)C(/C=C\CCCCCCCCCCC)OC(=O)CCCCCCCC/C=C\C/C=C\C/C=C\C/C=C\C/C=C\C/C=C\CC. The van der Waals surface area contributed by atoms with Crippen molar-refractivity contribution in [2.45, 2.75) is 226 Å². The van der Waals surface area contributed by atoms with Crippen LogP contribution in [0.15, 0.2) is 158 Å². The fourth-order valence-electron chi connectivity index (χ4n) is 7.91. The van der Waals surface area contributed by atoms with E-state index in [0.29, 0.717) is 23.9 Å². The number of unbranched alkanes of at least 4 members (excludes halogenated alkanes) is 18. The van der Waals surface area contributed by atoms with E-state index in [4.69, 9.17) is 13.8 Å². The van der Waals surface area contributed by atoms with Gasteiger partial charge >= 0.3 is 13.8 Å². The Balaban J connectivity index is 5.30. The molecule has 0 aromatic rings. The van der Waals surface area contributed by atoms with Crippen LogP contribution in [0, 0.1) is 0 Å². The number of hydrogen-bond donors (Lipinski definition) is 2. The zero-order chi connectivity index (χ0) is 57.9. The number of rotatable bonds is 53. The molecule has 3 unspecified atom stereocenters. The highest BCUT2D eigenvalue weighted by atomic mass is 31.2. The average Bonchev–Trinajstić information content (AvgIpc) is 3.41. The quantitative estimate of drug-likeness (QED) is 0.0156. The molecule has 446 valence electrons. The van der Waals surface area contributed by atoms with E-state index in [1.807, 2.05) is 94.1 Å². The summed E-state index contributed by atoms with van der Waals surface area (Å²) in [5.41, 5.74) is 0. The Hall–Kier alpha value is -4.37. The first-order valence-electron chi connectivity index (χ1n) is 30.9. The second-order valence-electron chi connectivity index (χ2n) is 21.3. The summed E-state index contributed by atoms with van der Waals surface area (Å²) in [6.45, 7) is 6.67. The summed E-state index contributed by atoms with van der Waals surface area (Å²) in [7, 11) is 1.43. The number of esters is 1. The zero-order valence-corrected chi connectivity index (χ0v) is 51.7. The molecule has 0 aromatic heterocycles. The van der Waals surface area contributed by atoms with Gasteiger partial charge in [-0.1, -0.05) is 256 Å². The Labute approximate surface area is 484 Å². The van der Waals surface area contributed by atoms with Crippen LogP contribution in [0.5, 0.6) is 0 Å². The molecule has 0 saturated heterocycles. The maximum absolute atomic E-state index is 13.5. The van der Waals surface area contributed by atoms with Crippen molar-refractivity contribution in [2.75, 3.05) is 40.9 Å². The predicted octanol–water partition coefficient (Wildman–Crippen LogP) is 19.2. The first-order valence-corrected chi connectivity index (χ1v) is 32.4. The summed E-state index contributed by atoms with van der Waals surface area (Å²) in [5, 5.41) is 3.02. The highest BCUT2D eigenvalue weighted by Gasteiger charge is 2.30. The molecule has 1 amide bonds. The van der Waals surface area contributed by atoms with Crippen molar-refractivity contribution in [3.05, 3.63) is 158 Å². The molecular formula is C69H114N2O7P+. The van der Waals surface area contributed by atoms with Gasteiger partial charge in [0.25, 0.3) is 0 Å². The number of nitrogens with one attached hydrogen (secondary N) is 1. The van der Waals surface area contributed by atoms with Gasteiger partial charge in [-0.2, -0.15) is 0 Å². The minimum absolute atomic E-state index is 0.0184. The zero-order valence-electron chi connectivity index (χ0n) is 50.8. The molecule has 0 heterocycles. The number of hydrogen-bond acceptors (Lipinski definition) is 6. The van der Waals surface area contributed by atoms with E-state index in [-0.39, 0.29) is 37.9 Å². The Morgan fingerprint density at radius 1 is 0.468 bits per heavy atom. The summed E-state index contributed by atoms with van der Waals surface area (Å²) in [5.74, 6) is -0.589. The highest BCUT2D eigenvalue weighted by molar-refractivity contribution is 7.47. The van der Waals surface area contributed by atoms with Gasteiger partial charge in [0.05, 0.1) is 33.8 Å². The summed E-state index contributed by atoms with van der Waals surface area (Å²) in [6.07, 6.45) is 83.9. The van der Waals surface area contributed by atoms with Gasteiger partial charge in [0.1, 0.15) is 19.3 Å². The lowest BCUT2D eigenvalue weighted by Crippen LogP contribution is -2.47. The Kier molecular flexibility index (Phi) is 53.7. The summed E-state index contributed by atoms with van der Waals surface area (Å²) in [6, 6.07) is -0.891. The minimum atomic E-state index is -4.48. The van der Waals surface area contributed by atoms with Gasteiger partial charge in [0.2, 0.25) is 5.91 Å². The molecule has 0 fully saturated rings.